The van der Waals surface area contributed by atoms with Crippen LogP contribution in [0.2, 0.25) is 0 Å². The van der Waals surface area contributed by atoms with Gasteiger partial charge in [0.1, 0.15) is 5.52 Å². The summed E-state index contributed by atoms with van der Waals surface area (Å²) >= 11 is 1.18. The van der Waals surface area contributed by atoms with Crippen molar-refractivity contribution < 1.29 is 14.4 Å². The van der Waals surface area contributed by atoms with Crippen molar-refractivity contribution in [2.75, 3.05) is 11.1 Å². The smallest absolute Gasteiger partial charge is 0.259 e. The van der Waals surface area contributed by atoms with Crippen molar-refractivity contribution in [3.8, 4) is 11.6 Å². The van der Waals surface area contributed by atoms with Crippen LogP contribution < -0.4 is 5.32 Å². The van der Waals surface area contributed by atoms with E-state index >= 15 is 0 Å². The first-order valence-corrected chi connectivity index (χ1v) is 13.6. The molecule has 1 aliphatic rings. The second-order valence-corrected chi connectivity index (χ2v) is 10.2. The highest BCUT2D eigenvalue weighted by atomic mass is 32.2. The molecule has 0 fully saturated rings. The van der Waals surface area contributed by atoms with E-state index in [4.69, 9.17) is 0 Å². The number of anilines is 1. The highest BCUT2D eigenvalue weighted by Crippen LogP contribution is 2.32. The maximum absolute atomic E-state index is 13.3. The summed E-state index contributed by atoms with van der Waals surface area (Å²) in [7, 11) is 0. The van der Waals surface area contributed by atoms with Crippen LogP contribution in [0.25, 0.3) is 22.7 Å². The zero-order chi connectivity index (χ0) is 27.9. The van der Waals surface area contributed by atoms with Crippen molar-refractivity contribution in [2.24, 2.45) is 0 Å². The lowest BCUT2D eigenvalue weighted by atomic mass is 9.83. The van der Waals surface area contributed by atoms with Crippen LogP contribution in [0.4, 0.5) is 5.69 Å². The van der Waals surface area contributed by atoms with Gasteiger partial charge in [0.05, 0.1) is 28.2 Å². The van der Waals surface area contributed by atoms with E-state index in [-0.39, 0.29) is 34.4 Å². The van der Waals surface area contributed by atoms with E-state index in [0.29, 0.717) is 33.4 Å². The first-order chi connectivity index (χ1) is 20.1. The Morgan fingerprint density at radius 3 is 2.27 bits per heavy atom. The maximum Gasteiger partial charge on any atom is 0.259 e. The third-order valence-electron chi connectivity index (χ3n) is 6.73. The minimum absolute atomic E-state index is 0.0224. The van der Waals surface area contributed by atoms with Crippen molar-refractivity contribution in [3.05, 3.63) is 119 Å². The number of aromatic nitrogens is 6. The molecule has 0 spiro atoms. The van der Waals surface area contributed by atoms with Gasteiger partial charge in [0.2, 0.25) is 5.91 Å². The average Bonchev–Trinajstić information content (AvgIpc) is 3.63. The molecule has 0 saturated carbocycles. The van der Waals surface area contributed by atoms with E-state index in [1.165, 1.54) is 11.8 Å². The van der Waals surface area contributed by atoms with Gasteiger partial charge in [-0.2, -0.15) is 4.68 Å². The number of rotatable bonds is 6. The standard InChI is InChI=1S/C30H19N7O3S/c38-25(31-23-15-8-13-21-26(23)28(40)20-12-5-4-11-19(20)27(21)39)17-41-30-34-33-29(36(30)18-9-2-1-3-10-18)37-24-16-7-6-14-22(24)32-35-37/h1-16H,17H2,(H,31,38). The molecule has 1 amide bonds. The van der Waals surface area contributed by atoms with Gasteiger partial charge in [-0.25, -0.2) is 0 Å². The van der Waals surface area contributed by atoms with Crippen molar-refractivity contribution in [3.63, 3.8) is 0 Å². The number of para-hydroxylation sites is 2. The largest absolute Gasteiger partial charge is 0.325 e. The van der Waals surface area contributed by atoms with Gasteiger partial charge in [-0.05, 0) is 30.3 Å². The fourth-order valence-corrected chi connectivity index (χ4v) is 5.63. The van der Waals surface area contributed by atoms with Crippen LogP contribution in [0.3, 0.4) is 0 Å². The molecule has 11 heteroatoms. The Kier molecular flexibility index (Phi) is 5.98. The molecule has 1 N–H and O–H groups in total. The molecule has 41 heavy (non-hydrogen) atoms. The van der Waals surface area contributed by atoms with Gasteiger partial charge in [-0.3, -0.25) is 19.0 Å². The van der Waals surface area contributed by atoms with E-state index in [0.717, 1.165) is 11.2 Å². The van der Waals surface area contributed by atoms with Crippen molar-refractivity contribution in [2.45, 2.75) is 5.16 Å². The van der Waals surface area contributed by atoms with Crippen LogP contribution in [0.15, 0.2) is 102 Å². The van der Waals surface area contributed by atoms with Gasteiger partial charge in [0.25, 0.3) is 5.95 Å². The average molecular weight is 558 g/mol. The second-order valence-electron chi connectivity index (χ2n) is 9.21. The van der Waals surface area contributed by atoms with E-state index in [1.807, 2.05) is 59.2 Å². The molecule has 4 aromatic carbocycles. The van der Waals surface area contributed by atoms with Crippen LogP contribution in [0, 0.1) is 0 Å². The van der Waals surface area contributed by atoms with E-state index in [1.54, 1.807) is 47.1 Å². The Labute approximate surface area is 237 Å². The summed E-state index contributed by atoms with van der Waals surface area (Å²) in [6.45, 7) is 0. The molecule has 0 saturated heterocycles. The van der Waals surface area contributed by atoms with Gasteiger partial charge in [0.15, 0.2) is 16.7 Å². The molecule has 0 aliphatic heterocycles. The van der Waals surface area contributed by atoms with Gasteiger partial charge in [-0.1, -0.05) is 83.7 Å². The summed E-state index contributed by atoms with van der Waals surface area (Å²) in [4.78, 5) is 39.5. The van der Waals surface area contributed by atoms with Gasteiger partial charge in [-0.15, -0.1) is 15.3 Å². The molecule has 1 aliphatic carbocycles. The van der Waals surface area contributed by atoms with Crippen LogP contribution in [-0.4, -0.2) is 53.0 Å². The number of amides is 1. The van der Waals surface area contributed by atoms with Crippen molar-refractivity contribution in [1.82, 2.24) is 29.8 Å². The number of benzene rings is 4. The molecular weight excluding hydrogens is 538 g/mol. The van der Waals surface area contributed by atoms with E-state index < -0.39 is 0 Å². The molecule has 2 heterocycles. The molecule has 0 atom stereocenters. The number of carbonyl (C=O) groups excluding carboxylic acids is 3. The summed E-state index contributed by atoms with van der Waals surface area (Å²) in [5.74, 6) is -0.506. The maximum atomic E-state index is 13.3. The first kappa shape index (κ1) is 24.6. The zero-order valence-corrected chi connectivity index (χ0v) is 22.1. The van der Waals surface area contributed by atoms with Gasteiger partial charge in [0, 0.05) is 16.7 Å². The molecule has 7 rings (SSSR count). The third kappa shape index (κ3) is 4.19. The topological polar surface area (TPSA) is 125 Å². The molecule has 6 aromatic rings. The summed E-state index contributed by atoms with van der Waals surface area (Å²) in [5, 5.41) is 20.5. The van der Waals surface area contributed by atoms with Gasteiger partial charge >= 0.3 is 0 Å². The Balaban J connectivity index is 1.18. The molecule has 10 nitrogen and oxygen atoms in total. The molecule has 198 valence electrons. The van der Waals surface area contributed by atoms with Crippen LogP contribution in [0.1, 0.15) is 31.8 Å². The summed E-state index contributed by atoms with van der Waals surface area (Å²) in [6, 6.07) is 28.6. The Bertz CT molecular complexity index is 2000. The lowest BCUT2D eigenvalue weighted by molar-refractivity contribution is -0.113. The van der Waals surface area contributed by atoms with Crippen LogP contribution >= 0.6 is 11.8 Å². The lowest BCUT2D eigenvalue weighted by Gasteiger charge is -2.20. The normalized spacial score (nSPS) is 12.3. The van der Waals surface area contributed by atoms with Crippen molar-refractivity contribution >= 4 is 46.0 Å². The molecule has 0 bridgehead atoms. The molecule has 0 unspecified atom stereocenters. The number of nitrogens with one attached hydrogen (secondary N) is 1. The summed E-state index contributed by atoms with van der Waals surface area (Å²) in [5.41, 5.74) is 3.71. The monoisotopic (exact) mass is 557 g/mol. The minimum Gasteiger partial charge on any atom is -0.325 e. The van der Waals surface area contributed by atoms with E-state index in [9.17, 15) is 14.4 Å². The number of fused-ring (bicyclic) bond motifs is 3. The highest BCUT2D eigenvalue weighted by Gasteiger charge is 2.31. The summed E-state index contributed by atoms with van der Waals surface area (Å²) < 4.78 is 3.42. The number of hydrogen-bond donors (Lipinski definition) is 1. The Morgan fingerprint density at radius 2 is 1.44 bits per heavy atom. The number of thioether (sulfide) groups is 1. The highest BCUT2D eigenvalue weighted by molar-refractivity contribution is 7.99. The van der Waals surface area contributed by atoms with Crippen LogP contribution in [-0.2, 0) is 4.79 Å². The predicted molar refractivity (Wildman–Crippen MR) is 153 cm³/mol. The van der Waals surface area contributed by atoms with E-state index in [2.05, 4.69) is 25.8 Å². The first-order valence-electron chi connectivity index (χ1n) is 12.7. The number of ketones is 2. The SMILES string of the molecule is O=C(CSc1nnc(-n2nnc3ccccc32)n1-c1ccccc1)Nc1cccc2c1C(=O)c1ccccc1C2=O. The Morgan fingerprint density at radius 1 is 0.732 bits per heavy atom. The second kappa shape index (κ2) is 9.96. The number of nitrogens with zero attached hydrogens (tertiary/aromatic N) is 6. The molecule has 2 aromatic heterocycles. The van der Waals surface area contributed by atoms with Crippen molar-refractivity contribution in [1.29, 1.82) is 0 Å². The number of carbonyl (C=O) groups is 3. The summed E-state index contributed by atoms with van der Waals surface area (Å²) in [6.07, 6.45) is 0. The fourth-order valence-electron chi connectivity index (χ4n) is 4.88. The molecule has 0 radical (unpaired) electrons. The number of hydrogen-bond acceptors (Lipinski definition) is 8. The minimum atomic E-state index is -0.363. The lowest BCUT2D eigenvalue weighted by Crippen LogP contribution is -2.24. The zero-order valence-electron chi connectivity index (χ0n) is 21.3. The molecular formula is C30H19N7O3S. The fraction of sp³-hybridized carbons (Fsp3) is 0.0333. The quantitative estimate of drug-likeness (QED) is 0.296. The van der Waals surface area contributed by atoms with Crippen LogP contribution in [0.5, 0.6) is 0 Å². The third-order valence-corrected chi connectivity index (χ3v) is 7.66. The predicted octanol–water partition coefficient (Wildman–Crippen LogP) is 4.51. The van der Waals surface area contributed by atoms with Gasteiger partial charge < -0.3 is 5.32 Å². The Hall–Kier alpha value is -5.42.